The Balaban J connectivity index is 2.30. The van der Waals surface area contributed by atoms with Crippen molar-refractivity contribution in [3.8, 4) is 0 Å². The van der Waals surface area contributed by atoms with Crippen molar-refractivity contribution >= 4 is 16.4 Å². The molecule has 1 amide bonds. The van der Waals surface area contributed by atoms with Crippen molar-refractivity contribution in [2.75, 3.05) is 0 Å². The lowest BCUT2D eigenvalue weighted by Gasteiger charge is -2.17. The fourth-order valence-corrected chi connectivity index (χ4v) is 2.97. The van der Waals surface area contributed by atoms with Gasteiger partial charge in [0, 0.05) is 0 Å². The minimum absolute atomic E-state index is 0.0283. The van der Waals surface area contributed by atoms with Gasteiger partial charge in [-0.2, -0.15) is 0 Å². The monoisotopic (exact) mass is 289 g/mol. The van der Waals surface area contributed by atoms with E-state index in [-0.39, 0.29) is 11.4 Å². The summed E-state index contributed by atoms with van der Waals surface area (Å²) in [5, 5.41) is 0. The number of amides is 1. The topological polar surface area (TPSA) is 54.5 Å². The van der Waals surface area contributed by atoms with E-state index in [1.807, 2.05) is 13.0 Å². The molecule has 20 heavy (non-hydrogen) atoms. The molecule has 0 radical (unpaired) electrons. The van der Waals surface area contributed by atoms with Crippen LogP contribution in [0.3, 0.4) is 0 Å². The highest BCUT2D eigenvalue weighted by atomic mass is 32.2. The number of hydrogen-bond acceptors (Lipinski definition) is 3. The highest BCUT2D eigenvalue weighted by Crippen LogP contribution is 2.17. The first-order valence-corrected chi connectivity index (χ1v) is 7.56. The summed E-state index contributed by atoms with van der Waals surface area (Å²) in [4.78, 5) is 11.3. The average Bonchev–Trinajstić information content (AvgIpc) is 2.46. The minimum Gasteiger partial charge on any atom is -0.278 e. The lowest BCUT2D eigenvalue weighted by molar-refractivity contribution is -0.114. The molecule has 0 bridgehead atoms. The van der Waals surface area contributed by atoms with E-state index >= 15 is 0 Å². The van der Waals surface area contributed by atoms with Gasteiger partial charge in [0.2, 0.25) is 6.41 Å². The van der Waals surface area contributed by atoms with E-state index in [0.717, 1.165) is 15.4 Å². The van der Waals surface area contributed by atoms with Gasteiger partial charge in [0.1, 0.15) is 0 Å². The Labute approximate surface area is 118 Å². The van der Waals surface area contributed by atoms with Crippen LogP contribution in [-0.4, -0.2) is 19.1 Å². The Bertz CT molecular complexity index is 679. The van der Waals surface area contributed by atoms with Crippen LogP contribution in [0.25, 0.3) is 0 Å². The number of benzene rings is 2. The Morgan fingerprint density at radius 3 is 2.15 bits per heavy atom. The SMILES string of the molecule is Cc1ccc(S(=O)(=O)N(C=O)Cc2ccccc2)cc1. The van der Waals surface area contributed by atoms with Crippen LogP contribution in [0.1, 0.15) is 11.1 Å². The zero-order valence-corrected chi connectivity index (χ0v) is 11.9. The van der Waals surface area contributed by atoms with Gasteiger partial charge in [-0.3, -0.25) is 4.79 Å². The Morgan fingerprint density at radius 1 is 1.00 bits per heavy atom. The molecule has 2 aromatic rings. The summed E-state index contributed by atoms with van der Waals surface area (Å²) >= 11 is 0. The van der Waals surface area contributed by atoms with Crippen molar-refractivity contribution in [3.63, 3.8) is 0 Å². The molecule has 0 fully saturated rings. The van der Waals surface area contributed by atoms with Gasteiger partial charge in [-0.25, -0.2) is 12.7 Å². The maximum atomic E-state index is 12.4. The highest BCUT2D eigenvalue weighted by Gasteiger charge is 2.22. The minimum atomic E-state index is -3.80. The third kappa shape index (κ3) is 3.05. The molecule has 0 aliphatic rings. The lowest BCUT2D eigenvalue weighted by atomic mass is 10.2. The van der Waals surface area contributed by atoms with Gasteiger partial charge in [-0.05, 0) is 24.6 Å². The van der Waals surface area contributed by atoms with Crippen molar-refractivity contribution in [3.05, 3.63) is 65.7 Å². The number of sulfonamides is 1. The first-order chi connectivity index (χ1) is 9.54. The average molecular weight is 289 g/mol. The predicted molar refractivity (Wildman–Crippen MR) is 76.4 cm³/mol. The molecule has 2 aromatic carbocycles. The molecular weight excluding hydrogens is 274 g/mol. The third-order valence-corrected chi connectivity index (χ3v) is 4.63. The lowest BCUT2D eigenvalue weighted by Crippen LogP contribution is -2.29. The molecular formula is C15H15NO3S. The van der Waals surface area contributed by atoms with Gasteiger partial charge in [-0.1, -0.05) is 48.0 Å². The molecule has 0 aliphatic carbocycles. The van der Waals surface area contributed by atoms with Gasteiger partial charge in [-0.15, -0.1) is 0 Å². The summed E-state index contributed by atoms with van der Waals surface area (Å²) in [6, 6.07) is 15.4. The van der Waals surface area contributed by atoms with Crippen molar-refractivity contribution < 1.29 is 13.2 Å². The summed E-state index contributed by atoms with van der Waals surface area (Å²) < 4.78 is 25.6. The van der Waals surface area contributed by atoms with Gasteiger partial charge in [0.25, 0.3) is 10.0 Å². The van der Waals surface area contributed by atoms with Crippen molar-refractivity contribution in [1.29, 1.82) is 0 Å². The van der Waals surface area contributed by atoms with E-state index in [1.54, 1.807) is 36.4 Å². The Morgan fingerprint density at radius 2 is 1.60 bits per heavy atom. The van der Waals surface area contributed by atoms with Crippen LogP contribution < -0.4 is 0 Å². The van der Waals surface area contributed by atoms with Crippen LogP contribution >= 0.6 is 0 Å². The fraction of sp³-hybridized carbons (Fsp3) is 0.133. The first-order valence-electron chi connectivity index (χ1n) is 6.12. The zero-order chi connectivity index (χ0) is 14.6. The fourth-order valence-electron chi connectivity index (χ4n) is 1.79. The van der Waals surface area contributed by atoms with Gasteiger partial charge >= 0.3 is 0 Å². The van der Waals surface area contributed by atoms with Crippen LogP contribution in [0, 0.1) is 6.92 Å². The van der Waals surface area contributed by atoms with E-state index in [1.165, 1.54) is 12.1 Å². The van der Waals surface area contributed by atoms with Gasteiger partial charge < -0.3 is 0 Å². The maximum absolute atomic E-state index is 12.4. The summed E-state index contributed by atoms with van der Waals surface area (Å²) in [6.07, 6.45) is 0.349. The first kappa shape index (κ1) is 14.3. The highest BCUT2D eigenvalue weighted by molar-refractivity contribution is 7.89. The van der Waals surface area contributed by atoms with Crippen LogP contribution in [0.2, 0.25) is 0 Å². The molecule has 0 aromatic heterocycles. The summed E-state index contributed by atoms with van der Waals surface area (Å²) in [6.45, 7) is 1.90. The number of hydrogen-bond donors (Lipinski definition) is 0. The zero-order valence-electron chi connectivity index (χ0n) is 11.1. The van der Waals surface area contributed by atoms with E-state index in [0.29, 0.717) is 6.41 Å². The molecule has 4 nitrogen and oxygen atoms in total. The van der Waals surface area contributed by atoms with E-state index < -0.39 is 10.0 Å². The van der Waals surface area contributed by atoms with Crippen LogP contribution in [0.15, 0.2) is 59.5 Å². The summed E-state index contributed by atoms with van der Waals surface area (Å²) in [5.74, 6) is 0. The van der Waals surface area contributed by atoms with E-state index in [9.17, 15) is 13.2 Å². The molecule has 0 saturated heterocycles. The van der Waals surface area contributed by atoms with Crippen molar-refractivity contribution in [2.24, 2.45) is 0 Å². The smallest absolute Gasteiger partial charge is 0.266 e. The molecule has 0 unspecified atom stereocenters. The number of carbonyl (C=O) groups is 1. The Kier molecular flexibility index (Phi) is 4.20. The van der Waals surface area contributed by atoms with E-state index in [4.69, 9.17) is 0 Å². The summed E-state index contributed by atoms with van der Waals surface area (Å²) in [5.41, 5.74) is 1.72. The number of aryl methyl sites for hydroxylation is 1. The number of nitrogens with zero attached hydrogens (tertiary/aromatic N) is 1. The number of carbonyl (C=O) groups excluding carboxylic acids is 1. The van der Waals surface area contributed by atoms with Crippen LogP contribution in [0.5, 0.6) is 0 Å². The third-order valence-electron chi connectivity index (χ3n) is 2.93. The quantitative estimate of drug-likeness (QED) is 0.794. The maximum Gasteiger partial charge on any atom is 0.266 e. The normalized spacial score (nSPS) is 11.1. The molecule has 0 N–H and O–H groups in total. The molecule has 2 rings (SSSR count). The summed E-state index contributed by atoms with van der Waals surface area (Å²) in [7, 11) is -3.80. The van der Waals surface area contributed by atoms with Crippen molar-refractivity contribution in [1.82, 2.24) is 4.31 Å². The second-order valence-corrected chi connectivity index (χ2v) is 6.34. The standard InChI is InChI=1S/C15H15NO3S/c1-13-7-9-15(10-8-13)20(18,19)16(12-17)11-14-5-3-2-4-6-14/h2-10,12H,11H2,1H3. The Hall–Kier alpha value is -2.14. The van der Waals surface area contributed by atoms with Crippen LogP contribution in [-0.2, 0) is 21.4 Å². The molecule has 0 spiro atoms. The van der Waals surface area contributed by atoms with Crippen molar-refractivity contribution in [2.45, 2.75) is 18.4 Å². The predicted octanol–water partition coefficient (Wildman–Crippen LogP) is 2.34. The molecule has 0 heterocycles. The molecule has 104 valence electrons. The molecule has 0 saturated carbocycles. The van der Waals surface area contributed by atoms with Gasteiger partial charge in [0.05, 0.1) is 11.4 Å². The molecule has 5 heteroatoms. The van der Waals surface area contributed by atoms with E-state index in [2.05, 4.69) is 0 Å². The molecule has 0 atom stereocenters. The second-order valence-electron chi connectivity index (χ2n) is 4.45. The van der Waals surface area contributed by atoms with Gasteiger partial charge in [0.15, 0.2) is 0 Å². The number of rotatable bonds is 5. The second kappa shape index (κ2) is 5.88. The van der Waals surface area contributed by atoms with Crippen LogP contribution in [0.4, 0.5) is 0 Å². The molecule has 0 aliphatic heterocycles. The largest absolute Gasteiger partial charge is 0.278 e.